The van der Waals surface area contributed by atoms with Crippen molar-refractivity contribution in [2.45, 2.75) is 45.8 Å². The Morgan fingerprint density at radius 3 is 2.65 bits per heavy atom. The molecule has 9 heteroatoms. The number of anilines is 1. The highest BCUT2D eigenvalue weighted by atomic mass is 32.1. The molecule has 0 aliphatic rings. The zero-order valence-electron chi connectivity index (χ0n) is 13.1. The van der Waals surface area contributed by atoms with Gasteiger partial charge in [0.15, 0.2) is 0 Å². The Morgan fingerprint density at radius 1 is 1.43 bits per heavy atom. The van der Waals surface area contributed by atoms with E-state index in [1.165, 1.54) is 17.5 Å². The molecule has 0 fully saturated rings. The largest absolute Gasteiger partial charge is 0.444 e. The summed E-state index contributed by atoms with van der Waals surface area (Å²) in [7, 11) is 0. The molecule has 0 aliphatic heterocycles. The van der Waals surface area contributed by atoms with Crippen LogP contribution in [0.5, 0.6) is 0 Å². The third-order valence-corrected chi connectivity index (χ3v) is 3.62. The number of halogens is 2. The smallest absolute Gasteiger partial charge is 0.412 e. The number of aromatic nitrogens is 2. The third kappa shape index (κ3) is 4.11. The fourth-order valence-corrected chi connectivity index (χ4v) is 2.71. The summed E-state index contributed by atoms with van der Waals surface area (Å²) in [5.41, 5.74) is -0.820. The quantitative estimate of drug-likeness (QED) is 0.887. The van der Waals surface area contributed by atoms with Crippen LogP contribution in [0.3, 0.4) is 0 Å². The summed E-state index contributed by atoms with van der Waals surface area (Å²) in [6.07, 6.45) is -4.73. The van der Waals surface area contributed by atoms with Gasteiger partial charge >= 0.3 is 6.09 Å². The number of amides is 1. The molecule has 1 amide bonds. The Morgan fingerprint density at radius 2 is 2.09 bits per heavy atom. The molecule has 2 heterocycles. The van der Waals surface area contributed by atoms with Gasteiger partial charge in [0.25, 0.3) is 6.43 Å². The Kier molecular flexibility index (Phi) is 4.81. The van der Waals surface area contributed by atoms with E-state index >= 15 is 0 Å². The van der Waals surface area contributed by atoms with Crippen LogP contribution in [0.15, 0.2) is 6.20 Å². The van der Waals surface area contributed by atoms with Gasteiger partial charge in [-0.1, -0.05) is 11.3 Å². The molecule has 2 rings (SSSR count). The second-order valence-corrected chi connectivity index (χ2v) is 7.06. The number of fused-ring (bicyclic) bond motifs is 1. The first-order valence-corrected chi connectivity index (χ1v) is 7.62. The first kappa shape index (κ1) is 17.5. The van der Waals surface area contributed by atoms with Gasteiger partial charge < -0.3 is 9.84 Å². The van der Waals surface area contributed by atoms with Crippen LogP contribution in [0, 0.1) is 6.92 Å². The van der Waals surface area contributed by atoms with Gasteiger partial charge in [-0.3, -0.25) is 5.32 Å². The first-order valence-electron chi connectivity index (χ1n) is 6.80. The highest BCUT2D eigenvalue weighted by Gasteiger charge is 2.28. The number of rotatable bonds is 3. The minimum Gasteiger partial charge on any atom is -0.444 e. The molecule has 1 atom stereocenters. The van der Waals surface area contributed by atoms with Crippen molar-refractivity contribution in [2.75, 3.05) is 5.32 Å². The van der Waals surface area contributed by atoms with Crippen LogP contribution >= 0.6 is 11.3 Å². The highest BCUT2D eigenvalue weighted by molar-refractivity contribution is 7.18. The van der Waals surface area contributed by atoms with E-state index in [1.807, 2.05) is 0 Å². The molecule has 0 spiro atoms. The van der Waals surface area contributed by atoms with Gasteiger partial charge in [-0.05, 0) is 27.7 Å². The molecule has 2 aromatic heterocycles. The summed E-state index contributed by atoms with van der Waals surface area (Å²) >= 11 is 1.21. The summed E-state index contributed by atoms with van der Waals surface area (Å²) in [6.45, 7) is 6.72. The first-order chi connectivity index (χ1) is 10.6. The maximum absolute atomic E-state index is 13.0. The van der Waals surface area contributed by atoms with E-state index < -0.39 is 24.2 Å². The molecule has 0 bridgehead atoms. The predicted molar refractivity (Wildman–Crippen MR) is 83.0 cm³/mol. The molecular weight excluding hydrogens is 328 g/mol. The minimum atomic E-state index is -3.03. The van der Waals surface area contributed by atoms with Gasteiger partial charge in [0.1, 0.15) is 22.1 Å². The van der Waals surface area contributed by atoms with Crippen molar-refractivity contribution < 1.29 is 23.4 Å². The summed E-state index contributed by atoms with van der Waals surface area (Å²) in [4.78, 5) is 20.5. The fourth-order valence-electron chi connectivity index (χ4n) is 1.94. The van der Waals surface area contributed by atoms with Gasteiger partial charge in [-0.15, -0.1) is 0 Å². The zero-order chi connectivity index (χ0) is 17.4. The molecule has 0 aliphatic carbocycles. The van der Waals surface area contributed by atoms with Crippen LogP contribution in [-0.2, 0) is 4.74 Å². The number of aliphatic hydroxyl groups is 1. The average molecular weight is 345 g/mol. The predicted octanol–water partition coefficient (Wildman–Crippen LogP) is 3.65. The molecule has 0 radical (unpaired) electrons. The topological polar surface area (TPSA) is 84.3 Å². The summed E-state index contributed by atoms with van der Waals surface area (Å²) in [5, 5.41) is 12.8. The van der Waals surface area contributed by atoms with Crippen molar-refractivity contribution in [3.05, 3.63) is 16.8 Å². The van der Waals surface area contributed by atoms with E-state index in [0.29, 0.717) is 9.84 Å². The lowest BCUT2D eigenvalue weighted by Crippen LogP contribution is -2.28. The average Bonchev–Trinajstić information content (AvgIpc) is 2.75. The highest BCUT2D eigenvalue weighted by Crippen LogP contribution is 2.35. The molecule has 1 unspecified atom stereocenters. The van der Waals surface area contributed by atoms with Gasteiger partial charge in [0.05, 0.1) is 16.9 Å². The SMILES string of the molecule is Cc1nc2c(C(O)C(F)F)c(NC(=O)OC(C)(C)C)cnc2s1. The number of nitrogens with zero attached hydrogens (tertiary/aromatic N) is 2. The van der Waals surface area contributed by atoms with Crippen molar-refractivity contribution in [3.63, 3.8) is 0 Å². The number of hydrogen-bond donors (Lipinski definition) is 2. The Labute approximate surface area is 135 Å². The molecule has 0 saturated heterocycles. The van der Waals surface area contributed by atoms with E-state index in [1.54, 1.807) is 27.7 Å². The summed E-state index contributed by atoms with van der Waals surface area (Å²) < 4.78 is 31.1. The standard InChI is InChI=1S/C14H17F2N3O3S/c1-6-18-9-8(10(20)11(15)16)7(5-17-12(9)23-6)19-13(21)22-14(2,3)4/h5,10-11,20H,1-4H3,(H,19,21). The van der Waals surface area contributed by atoms with Crippen LogP contribution in [-0.4, -0.2) is 33.2 Å². The molecule has 0 saturated carbocycles. The maximum Gasteiger partial charge on any atom is 0.412 e. The lowest BCUT2D eigenvalue weighted by molar-refractivity contribution is -0.00474. The third-order valence-electron chi connectivity index (χ3n) is 2.74. The molecular formula is C14H17F2N3O3S. The van der Waals surface area contributed by atoms with Crippen molar-refractivity contribution in [2.24, 2.45) is 0 Å². The Balaban J connectivity index is 2.46. The molecule has 2 N–H and O–H groups in total. The fraction of sp³-hybridized carbons (Fsp3) is 0.500. The molecule has 6 nitrogen and oxygen atoms in total. The second-order valence-electron chi connectivity index (χ2n) is 5.88. The zero-order valence-corrected chi connectivity index (χ0v) is 13.9. The number of carbonyl (C=O) groups is 1. The normalized spacial score (nSPS) is 13.4. The number of ether oxygens (including phenoxy) is 1. The monoisotopic (exact) mass is 345 g/mol. The van der Waals surface area contributed by atoms with Crippen LogP contribution in [0.4, 0.5) is 19.3 Å². The second kappa shape index (κ2) is 6.32. The van der Waals surface area contributed by atoms with E-state index in [9.17, 15) is 18.7 Å². The van der Waals surface area contributed by atoms with Gasteiger partial charge in [0.2, 0.25) is 0 Å². The summed E-state index contributed by atoms with van der Waals surface area (Å²) in [5.74, 6) is 0. The number of hydrogen-bond acceptors (Lipinski definition) is 6. The number of aliphatic hydroxyl groups excluding tert-OH is 1. The Hall–Kier alpha value is -1.87. The van der Waals surface area contributed by atoms with Crippen LogP contribution in [0.2, 0.25) is 0 Å². The van der Waals surface area contributed by atoms with Gasteiger partial charge in [-0.2, -0.15) is 0 Å². The van der Waals surface area contributed by atoms with Crippen LogP contribution in [0.1, 0.15) is 37.4 Å². The van der Waals surface area contributed by atoms with E-state index in [2.05, 4.69) is 15.3 Å². The lowest BCUT2D eigenvalue weighted by atomic mass is 10.1. The molecule has 23 heavy (non-hydrogen) atoms. The molecule has 0 aromatic carbocycles. The number of thiazole rings is 1. The number of nitrogens with one attached hydrogen (secondary N) is 1. The van der Waals surface area contributed by atoms with Crippen molar-refractivity contribution in [1.82, 2.24) is 9.97 Å². The van der Waals surface area contributed by atoms with E-state index in [4.69, 9.17) is 4.74 Å². The maximum atomic E-state index is 13.0. The number of alkyl halides is 2. The van der Waals surface area contributed by atoms with E-state index in [0.717, 1.165) is 0 Å². The molecule has 126 valence electrons. The summed E-state index contributed by atoms with van der Waals surface area (Å²) in [6, 6.07) is 0. The molecule has 2 aromatic rings. The number of aryl methyl sites for hydroxylation is 1. The van der Waals surface area contributed by atoms with Gasteiger partial charge in [0, 0.05) is 5.56 Å². The van der Waals surface area contributed by atoms with Crippen molar-refractivity contribution in [1.29, 1.82) is 0 Å². The van der Waals surface area contributed by atoms with Gasteiger partial charge in [-0.25, -0.2) is 23.5 Å². The van der Waals surface area contributed by atoms with Crippen molar-refractivity contribution in [3.8, 4) is 0 Å². The number of carbonyl (C=O) groups excluding carboxylic acids is 1. The van der Waals surface area contributed by atoms with E-state index in [-0.39, 0.29) is 16.8 Å². The Bertz CT molecular complexity index is 728. The lowest BCUT2D eigenvalue weighted by Gasteiger charge is -2.21. The van der Waals surface area contributed by atoms with Crippen LogP contribution < -0.4 is 5.32 Å². The minimum absolute atomic E-state index is 0.0511. The van der Waals surface area contributed by atoms with Crippen LogP contribution in [0.25, 0.3) is 10.3 Å². The number of pyridine rings is 1. The van der Waals surface area contributed by atoms with Crippen molar-refractivity contribution >= 4 is 33.5 Å².